The molecule has 0 spiro atoms. The van der Waals surface area contributed by atoms with E-state index in [1.54, 1.807) is 6.07 Å². The SMILES string of the molecule is O=S(=O)(c1ccc(Cl)cc1)[C@@H]1[C@@H](c2cccc(F)c2)C1(CO)CO. The molecule has 1 aliphatic rings. The predicted octanol–water partition coefficient (Wildman–Crippen LogP) is 2.39. The summed E-state index contributed by atoms with van der Waals surface area (Å²) in [5, 5.41) is 18.9. The number of halogens is 2. The minimum atomic E-state index is -3.83. The summed E-state index contributed by atoms with van der Waals surface area (Å²) in [6.07, 6.45) is 0. The Morgan fingerprint density at radius 1 is 1.08 bits per heavy atom. The highest BCUT2D eigenvalue weighted by molar-refractivity contribution is 7.92. The van der Waals surface area contributed by atoms with Crippen LogP contribution in [-0.2, 0) is 9.84 Å². The van der Waals surface area contributed by atoms with E-state index in [4.69, 9.17) is 11.6 Å². The lowest BCUT2D eigenvalue weighted by Gasteiger charge is -2.11. The number of hydrogen-bond donors (Lipinski definition) is 2. The van der Waals surface area contributed by atoms with Gasteiger partial charge in [0.1, 0.15) is 5.82 Å². The third-order valence-corrected chi connectivity index (χ3v) is 7.24. The zero-order valence-electron chi connectivity index (χ0n) is 12.6. The van der Waals surface area contributed by atoms with E-state index >= 15 is 0 Å². The number of benzene rings is 2. The van der Waals surface area contributed by atoms with Crippen LogP contribution in [0.25, 0.3) is 0 Å². The van der Waals surface area contributed by atoms with E-state index in [2.05, 4.69) is 0 Å². The van der Waals surface area contributed by atoms with Crippen LogP contribution in [0.4, 0.5) is 4.39 Å². The maximum atomic E-state index is 13.5. The maximum absolute atomic E-state index is 13.5. The normalized spacial score (nSPS) is 22.3. The lowest BCUT2D eigenvalue weighted by Crippen LogP contribution is -2.23. The van der Waals surface area contributed by atoms with Gasteiger partial charge in [-0.2, -0.15) is 0 Å². The number of sulfone groups is 1. The third-order valence-electron chi connectivity index (χ3n) is 4.65. The highest BCUT2D eigenvalue weighted by atomic mass is 35.5. The summed E-state index contributed by atoms with van der Waals surface area (Å²) >= 11 is 5.79. The van der Waals surface area contributed by atoms with Crippen LogP contribution in [0.2, 0.25) is 5.02 Å². The second kappa shape index (κ2) is 6.11. The maximum Gasteiger partial charge on any atom is 0.182 e. The molecule has 4 nitrogen and oxygen atoms in total. The molecule has 7 heteroatoms. The van der Waals surface area contributed by atoms with E-state index in [1.165, 1.54) is 42.5 Å². The molecule has 1 fully saturated rings. The Kier molecular flexibility index (Phi) is 4.42. The molecule has 0 amide bonds. The molecule has 0 radical (unpaired) electrons. The van der Waals surface area contributed by atoms with E-state index in [0.29, 0.717) is 10.6 Å². The van der Waals surface area contributed by atoms with Gasteiger partial charge in [0.05, 0.1) is 23.4 Å². The molecule has 1 saturated carbocycles. The van der Waals surface area contributed by atoms with Gasteiger partial charge >= 0.3 is 0 Å². The molecule has 0 saturated heterocycles. The van der Waals surface area contributed by atoms with Crippen molar-refractivity contribution in [2.45, 2.75) is 16.1 Å². The van der Waals surface area contributed by atoms with E-state index in [-0.39, 0.29) is 4.90 Å². The molecular weight excluding hydrogens is 355 g/mol. The van der Waals surface area contributed by atoms with E-state index in [9.17, 15) is 23.0 Å². The Morgan fingerprint density at radius 3 is 2.25 bits per heavy atom. The summed E-state index contributed by atoms with van der Waals surface area (Å²) in [6.45, 7) is -1.02. The Balaban J connectivity index is 2.06. The van der Waals surface area contributed by atoms with Gasteiger partial charge in [0, 0.05) is 16.4 Å². The Labute approximate surface area is 144 Å². The minimum absolute atomic E-state index is 0.0575. The van der Waals surface area contributed by atoms with Crippen molar-refractivity contribution in [3.05, 3.63) is 64.9 Å². The molecule has 2 aromatic carbocycles. The van der Waals surface area contributed by atoms with Gasteiger partial charge in [-0.15, -0.1) is 0 Å². The van der Waals surface area contributed by atoms with Crippen molar-refractivity contribution >= 4 is 21.4 Å². The van der Waals surface area contributed by atoms with Gasteiger partial charge in [-0.05, 0) is 42.0 Å². The van der Waals surface area contributed by atoms with Gasteiger partial charge in [-0.25, -0.2) is 12.8 Å². The first-order valence-corrected chi connectivity index (χ1v) is 9.26. The molecular formula is C17H16ClFO4S. The molecule has 0 unspecified atom stereocenters. The second-order valence-electron chi connectivity index (χ2n) is 6.00. The topological polar surface area (TPSA) is 74.6 Å². The van der Waals surface area contributed by atoms with Crippen LogP contribution in [0.15, 0.2) is 53.4 Å². The fourth-order valence-corrected chi connectivity index (χ4v) is 5.90. The second-order valence-corrected chi connectivity index (χ2v) is 8.51. The standard InChI is InChI=1S/C17H16ClFO4S/c18-12-4-6-14(7-5-12)24(22,23)16-15(17(16,9-20)10-21)11-2-1-3-13(19)8-11/h1-8,15-16,20-21H,9-10H2/t15-,16-/m1/s1. The molecule has 0 heterocycles. The summed E-state index contributed by atoms with van der Waals surface area (Å²) in [4.78, 5) is 0.0575. The van der Waals surface area contributed by atoms with Gasteiger partial charge in [-0.1, -0.05) is 23.7 Å². The first-order valence-electron chi connectivity index (χ1n) is 7.33. The van der Waals surface area contributed by atoms with Crippen LogP contribution in [0, 0.1) is 11.2 Å². The first-order chi connectivity index (χ1) is 11.4. The van der Waals surface area contributed by atoms with Crippen molar-refractivity contribution in [3.63, 3.8) is 0 Å². The Hall–Kier alpha value is -1.47. The van der Waals surface area contributed by atoms with Crippen molar-refractivity contribution in [2.75, 3.05) is 13.2 Å². The van der Waals surface area contributed by atoms with Crippen molar-refractivity contribution in [1.82, 2.24) is 0 Å². The average molecular weight is 371 g/mol. The smallest absolute Gasteiger partial charge is 0.182 e. The third kappa shape index (κ3) is 2.63. The summed E-state index contributed by atoms with van der Waals surface area (Å²) < 4.78 is 39.4. The largest absolute Gasteiger partial charge is 0.396 e. The average Bonchev–Trinajstić information content (AvgIpc) is 3.26. The van der Waals surface area contributed by atoms with Gasteiger partial charge in [0.15, 0.2) is 9.84 Å². The molecule has 24 heavy (non-hydrogen) atoms. The van der Waals surface area contributed by atoms with Gasteiger partial charge in [0.2, 0.25) is 0 Å². The van der Waals surface area contributed by atoms with Crippen LogP contribution >= 0.6 is 11.6 Å². The van der Waals surface area contributed by atoms with E-state index < -0.39 is 45.5 Å². The van der Waals surface area contributed by atoms with Crippen molar-refractivity contribution < 1.29 is 23.0 Å². The van der Waals surface area contributed by atoms with Crippen molar-refractivity contribution in [2.24, 2.45) is 5.41 Å². The zero-order valence-corrected chi connectivity index (χ0v) is 14.1. The number of aliphatic hydroxyl groups is 2. The number of rotatable bonds is 5. The quantitative estimate of drug-likeness (QED) is 0.847. The summed E-state index contributed by atoms with van der Waals surface area (Å²) in [6, 6.07) is 11.3. The highest BCUT2D eigenvalue weighted by Crippen LogP contribution is 2.63. The molecule has 2 atom stereocenters. The fourth-order valence-electron chi connectivity index (χ4n) is 3.35. The zero-order chi connectivity index (χ0) is 17.5. The molecule has 0 aromatic heterocycles. The molecule has 0 bridgehead atoms. The van der Waals surface area contributed by atoms with Gasteiger partial charge in [0.25, 0.3) is 0 Å². The molecule has 0 aliphatic heterocycles. The Bertz CT molecular complexity index is 847. The van der Waals surface area contributed by atoms with Crippen LogP contribution in [0.1, 0.15) is 11.5 Å². The van der Waals surface area contributed by atoms with Gasteiger partial charge in [-0.3, -0.25) is 0 Å². The lowest BCUT2D eigenvalue weighted by molar-refractivity contribution is 0.130. The van der Waals surface area contributed by atoms with E-state index in [0.717, 1.165) is 0 Å². The molecule has 1 aliphatic carbocycles. The number of aliphatic hydroxyl groups excluding tert-OH is 2. The molecule has 2 N–H and O–H groups in total. The molecule has 128 valence electrons. The van der Waals surface area contributed by atoms with Crippen LogP contribution in [0.5, 0.6) is 0 Å². The lowest BCUT2D eigenvalue weighted by atomic mass is 10.0. The van der Waals surface area contributed by atoms with Crippen LogP contribution in [-0.4, -0.2) is 37.1 Å². The van der Waals surface area contributed by atoms with E-state index in [1.807, 2.05) is 0 Å². The van der Waals surface area contributed by atoms with Crippen LogP contribution in [0.3, 0.4) is 0 Å². The summed E-state index contributed by atoms with van der Waals surface area (Å²) in [7, 11) is -3.83. The minimum Gasteiger partial charge on any atom is -0.396 e. The molecule has 2 aromatic rings. The molecule has 3 rings (SSSR count). The Morgan fingerprint density at radius 2 is 1.71 bits per heavy atom. The van der Waals surface area contributed by atoms with Crippen molar-refractivity contribution in [1.29, 1.82) is 0 Å². The number of hydrogen-bond acceptors (Lipinski definition) is 4. The highest BCUT2D eigenvalue weighted by Gasteiger charge is 2.70. The monoisotopic (exact) mass is 370 g/mol. The fraction of sp³-hybridized carbons (Fsp3) is 0.294. The van der Waals surface area contributed by atoms with Crippen LogP contribution < -0.4 is 0 Å². The predicted molar refractivity (Wildman–Crippen MR) is 88.2 cm³/mol. The van der Waals surface area contributed by atoms with Crippen molar-refractivity contribution in [3.8, 4) is 0 Å². The first kappa shape index (κ1) is 17.4. The summed E-state index contributed by atoms with van der Waals surface area (Å²) in [5.74, 6) is -1.17. The summed E-state index contributed by atoms with van der Waals surface area (Å²) in [5.41, 5.74) is -0.785. The van der Waals surface area contributed by atoms with Gasteiger partial charge < -0.3 is 10.2 Å².